The van der Waals surface area contributed by atoms with Gasteiger partial charge in [0, 0.05) is 49.7 Å². The van der Waals surface area contributed by atoms with Crippen LogP contribution in [-0.4, -0.2) is 33.9 Å². The number of rotatable bonds is 6. The summed E-state index contributed by atoms with van der Waals surface area (Å²) in [5.74, 6) is -1.95. The van der Waals surface area contributed by atoms with Gasteiger partial charge in [-0.15, -0.1) is 0 Å². The maximum Gasteiger partial charge on any atom is 0.223 e. The van der Waals surface area contributed by atoms with E-state index in [1.54, 1.807) is 0 Å². The van der Waals surface area contributed by atoms with Crippen molar-refractivity contribution in [2.75, 3.05) is 13.1 Å². The second-order valence-corrected chi connectivity index (χ2v) is 10.4. The van der Waals surface area contributed by atoms with Crippen LogP contribution in [0.2, 0.25) is 0 Å². The van der Waals surface area contributed by atoms with Gasteiger partial charge in [-0.25, -0.2) is 8.78 Å². The average molecular weight is 505 g/mol. The molecule has 2 aliphatic heterocycles. The lowest BCUT2D eigenvalue weighted by Gasteiger charge is -2.39. The number of amides is 1. The molecule has 1 saturated carbocycles. The van der Waals surface area contributed by atoms with E-state index >= 15 is 0 Å². The summed E-state index contributed by atoms with van der Waals surface area (Å²) in [6, 6.07) is 9.01. The van der Waals surface area contributed by atoms with Gasteiger partial charge in [-0.3, -0.25) is 19.7 Å². The van der Waals surface area contributed by atoms with Gasteiger partial charge in [-0.1, -0.05) is 18.6 Å². The zero-order valence-corrected chi connectivity index (χ0v) is 20.6. The maximum atomic E-state index is 14.0. The van der Waals surface area contributed by atoms with Crippen molar-refractivity contribution in [3.8, 4) is 0 Å². The minimum absolute atomic E-state index is 0.0268. The van der Waals surface area contributed by atoms with Gasteiger partial charge in [0.1, 0.15) is 0 Å². The summed E-state index contributed by atoms with van der Waals surface area (Å²) in [4.78, 5) is 24.1. The molecule has 1 spiro atoms. The molecule has 4 heterocycles. The van der Waals surface area contributed by atoms with Crippen LogP contribution in [0.25, 0.3) is 0 Å². The number of benzene rings is 1. The highest BCUT2D eigenvalue weighted by atomic mass is 19.2. The molecule has 1 aromatic carbocycles. The Bertz CT molecular complexity index is 1290. The number of piperidine rings is 1. The predicted molar refractivity (Wildman–Crippen MR) is 133 cm³/mol. The highest BCUT2D eigenvalue weighted by Gasteiger charge is 2.42. The molecule has 37 heavy (non-hydrogen) atoms. The molecule has 1 amide bonds. The summed E-state index contributed by atoms with van der Waals surface area (Å²) in [6.45, 7) is 3.23. The van der Waals surface area contributed by atoms with Crippen molar-refractivity contribution in [2.24, 2.45) is 5.92 Å². The van der Waals surface area contributed by atoms with Gasteiger partial charge in [-0.05, 0) is 66.6 Å². The SMILES string of the molecule is O=C(NC(c1ccc(F)c(F)c1)c1ccc(CN2CCC3(CC2)OCc2ccncc23)cn1)C1CCC1. The first-order chi connectivity index (χ1) is 18.0. The third-order valence-corrected chi connectivity index (χ3v) is 8.16. The van der Waals surface area contributed by atoms with Crippen molar-refractivity contribution in [3.05, 3.63) is 94.6 Å². The lowest BCUT2D eigenvalue weighted by molar-refractivity contribution is -0.127. The highest BCUT2D eigenvalue weighted by Crippen LogP contribution is 2.43. The van der Waals surface area contributed by atoms with E-state index in [4.69, 9.17) is 4.74 Å². The van der Waals surface area contributed by atoms with Crippen LogP contribution >= 0.6 is 0 Å². The van der Waals surface area contributed by atoms with Crippen LogP contribution < -0.4 is 5.32 Å². The number of halogens is 2. The van der Waals surface area contributed by atoms with Gasteiger partial charge in [0.2, 0.25) is 5.91 Å². The molecule has 1 atom stereocenters. The van der Waals surface area contributed by atoms with E-state index in [0.29, 0.717) is 17.9 Å². The van der Waals surface area contributed by atoms with Gasteiger partial charge in [0.15, 0.2) is 11.6 Å². The molecule has 3 aliphatic rings. The number of carbonyl (C=O) groups is 1. The Kier molecular flexibility index (Phi) is 6.46. The monoisotopic (exact) mass is 504 g/mol. The topological polar surface area (TPSA) is 67.4 Å². The molecule has 6 nitrogen and oxygen atoms in total. The van der Waals surface area contributed by atoms with Crippen molar-refractivity contribution >= 4 is 5.91 Å². The fourth-order valence-corrected chi connectivity index (χ4v) is 5.65. The quantitative estimate of drug-likeness (QED) is 0.523. The van der Waals surface area contributed by atoms with Gasteiger partial charge in [0.25, 0.3) is 0 Å². The fourth-order valence-electron chi connectivity index (χ4n) is 5.65. The lowest BCUT2D eigenvalue weighted by Crippen LogP contribution is -2.42. The molecule has 192 valence electrons. The van der Waals surface area contributed by atoms with Gasteiger partial charge < -0.3 is 10.1 Å². The summed E-state index contributed by atoms with van der Waals surface area (Å²) < 4.78 is 33.8. The van der Waals surface area contributed by atoms with Gasteiger partial charge in [0.05, 0.1) is 23.9 Å². The Morgan fingerprint density at radius 3 is 2.65 bits per heavy atom. The van der Waals surface area contributed by atoms with Gasteiger partial charge >= 0.3 is 0 Å². The van der Waals surface area contributed by atoms with Crippen LogP contribution in [0.4, 0.5) is 8.78 Å². The van der Waals surface area contributed by atoms with Crippen LogP contribution in [0.5, 0.6) is 0 Å². The number of hydrogen-bond acceptors (Lipinski definition) is 5. The molecule has 1 unspecified atom stereocenters. The Morgan fingerprint density at radius 2 is 1.95 bits per heavy atom. The van der Waals surface area contributed by atoms with Gasteiger partial charge in [-0.2, -0.15) is 0 Å². The van der Waals surface area contributed by atoms with Crippen molar-refractivity contribution in [1.82, 2.24) is 20.2 Å². The molecule has 1 N–H and O–H groups in total. The minimum atomic E-state index is -0.940. The molecular weight excluding hydrogens is 474 g/mol. The van der Waals surface area contributed by atoms with E-state index in [-0.39, 0.29) is 17.4 Å². The van der Waals surface area contributed by atoms with Crippen LogP contribution in [0.3, 0.4) is 0 Å². The molecule has 0 bridgehead atoms. The Morgan fingerprint density at radius 1 is 1.11 bits per heavy atom. The number of aromatic nitrogens is 2. The number of hydrogen-bond donors (Lipinski definition) is 1. The lowest BCUT2D eigenvalue weighted by atomic mass is 9.84. The minimum Gasteiger partial charge on any atom is -0.365 e. The fraction of sp³-hybridized carbons (Fsp3) is 0.414. The summed E-state index contributed by atoms with van der Waals surface area (Å²) in [7, 11) is 0. The molecule has 3 aromatic rings. The van der Waals surface area contributed by atoms with Crippen LogP contribution in [0.1, 0.15) is 66.1 Å². The summed E-state index contributed by atoms with van der Waals surface area (Å²) in [6.07, 6.45) is 10.2. The summed E-state index contributed by atoms with van der Waals surface area (Å²) in [5, 5.41) is 3.02. The Hall–Kier alpha value is -3.23. The number of pyridine rings is 2. The third kappa shape index (κ3) is 4.76. The van der Waals surface area contributed by atoms with Crippen LogP contribution in [0.15, 0.2) is 55.0 Å². The summed E-state index contributed by atoms with van der Waals surface area (Å²) >= 11 is 0. The number of ether oxygens (including phenoxy) is 1. The third-order valence-electron chi connectivity index (χ3n) is 8.16. The molecule has 1 saturated heterocycles. The van der Waals surface area contributed by atoms with Crippen LogP contribution in [-0.2, 0) is 28.3 Å². The first kappa shape index (κ1) is 24.1. The Labute approximate surface area is 215 Å². The first-order valence-corrected chi connectivity index (χ1v) is 13.0. The zero-order chi connectivity index (χ0) is 25.4. The second kappa shape index (κ2) is 9.91. The van der Waals surface area contributed by atoms with Crippen molar-refractivity contribution in [3.63, 3.8) is 0 Å². The maximum absolute atomic E-state index is 14.0. The van der Waals surface area contributed by atoms with E-state index in [1.807, 2.05) is 36.8 Å². The molecule has 8 heteroatoms. The number of nitrogens with zero attached hydrogens (tertiary/aromatic N) is 3. The highest BCUT2D eigenvalue weighted by molar-refractivity contribution is 5.80. The molecule has 2 fully saturated rings. The molecule has 1 aliphatic carbocycles. The normalized spacial score (nSPS) is 19.8. The largest absolute Gasteiger partial charge is 0.365 e. The number of carbonyl (C=O) groups excluding carboxylic acids is 1. The van der Waals surface area contributed by atoms with E-state index in [2.05, 4.69) is 20.2 Å². The van der Waals surface area contributed by atoms with E-state index < -0.39 is 17.7 Å². The molecule has 0 radical (unpaired) electrons. The standard InChI is InChI=1S/C29H30F2N4O2/c30-24-6-5-21(14-25(24)31)27(34-28(36)20-2-1-3-20)26-7-4-19(15-33-26)17-35-12-9-29(10-13-35)23-16-32-11-8-22(23)18-37-29/h4-8,11,14-16,20,27H,1-3,9-10,12-13,17-18H2,(H,34,36). The number of likely N-dealkylation sites (tertiary alicyclic amines) is 1. The van der Waals surface area contributed by atoms with Crippen molar-refractivity contribution in [2.45, 2.75) is 56.9 Å². The number of fused-ring (bicyclic) bond motifs is 2. The summed E-state index contributed by atoms with van der Waals surface area (Å²) in [5.41, 5.74) is 4.38. The van der Waals surface area contributed by atoms with Crippen molar-refractivity contribution in [1.29, 1.82) is 0 Å². The average Bonchev–Trinajstić information content (AvgIpc) is 3.23. The second-order valence-electron chi connectivity index (χ2n) is 10.4. The van der Waals surface area contributed by atoms with Crippen LogP contribution in [0, 0.1) is 17.6 Å². The van der Waals surface area contributed by atoms with E-state index in [1.165, 1.54) is 17.2 Å². The Balaban J connectivity index is 1.14. The molecule has 2 aromatic heterocycles. The zero-order valence-electron chi connectivity index (χ0n) is 20.6. The number of nitrogens with one attached hydrogen (secondary N) is 1. The first-order valence-electron chi connectivity index (χ1n) is 13.0. The predicted octanol–water partition coefficient (Wildman–Crippen LogP) is 4.78. The van der Waals surface area contributed by atoms with Crippen molar-refractivity contribution < 1.29 is 18.3 Å². The van der Waals surface area contributed by atoms with E-state index in [0.717, 1.165) is 69.4 Å². The van der Waals surface area contributed by atoms with E-state index in [9.17, 15) is 13.6 Å². The smallest absolute Gasteiger partial charge is 0.223 e. The molecule has 6 rings (SSSR count). The molecular formula is C29H30F2N4O2.